The first-order valence-electron chi connectivity index (χ1n) is 3.98. The highest BCUT2D eigenvalue weighted by atomic mass is 19.4. The van der Waals surface area contributed by atoms with Crippen LogP contribution in [-0.4, -0.2) is 44.8 Å². The standard InChI is InChI=1S/C7H11F3N2O3/c1-15-3-2-11-5(13)6(14)12-4-7(8,9)10/h2-4H2,1H3,(H,11,13)(H,12,14). The third kappa shape index (κ3) is 7.74. The maximum absolute atomic E-state index is 11.6. The summed E-state index contributed by atoms with van der Waals surface area (Å²) in [6, 6.07) is 0. The predicted octanol–water partition coefficient (Wildman–Crippen LogP) is -0.573. The van der Waals surface area contributed by atoms with Crippen LogP contribution in [0.2, 0.25) is 0 Å². The molecular formula is C7H11F3N2O3. The quantitative estimate of drug-likeness (QED) is 0.500. The van der Waals surface area contributed by atoms with E-state index in [1.165, 1.54) is 12.4 Å². The lowest BCUT2D eigenvalue weighted by Crippen LogP contribution is -2.44. The van der Waals surface area contributed by atoms with E-state index in [2.05, 4.69) is 10.1 Å². The highest BCUT2D eigenvalue weighted by Gasteiger charge is 2.28. The van der Waals surface area contributed by atoms with E-state index in [0.29, 0.717) is 0 Å². The highest BCUT2D eigenvalue weighted by molar-refractivity contribution is 6.35. The van der Waals surface area contributed by atoms with Crippen molar-refractivity contribution < 1.29 is 27.5 Å². The Balaban J connectivity index is 3.75. The van der Waals surface area contributed by atoms with Crippen LogP contribution in [0.5, 0.6) is 0 Å². The van der Waals surface area contributed by atoms with Crippen molar-refractivity contribution in [2.24, 2.45) is 0 Å². The summed E-state index contributed by atoms with van der Waals surface area (Å²) in [5, 5.41) is 3.51. The zero-order valence-electron chi connectivity index (χ0n) is 7.98. The third-order valence-corrected chi connectivity index (χ3v) is 1.25. The molecule has 0 unspecified atom stereocenters. The molecule has 0 saturated carbocycles. The van der Waals surface area contributed by atoms with Crippen molar-refractivity contribution in [1.29, 1.82) is 0 Å². The molecule has 0 radical (unpaired) electrons. The van der Waals surface area contributed by atoms with Crippen LogP contribution >= 0.6 is 0 Å². The van der Waals surface area contributed by atoms with Gasteiger partial charge in [0.05, 0.1) is 6.61 Å². The van der Waals surface area contributed by atoms with E-state index >= 15 is 0 Å². The van der Waals surface area contributed by atoms with Crippen LogP contribution in [-0.2, 0) is 14.3 Å². The van der Waals surface area contributed by atoms with Crippen molar-refractivity contribution in [2.75, 3.05) is 26.8 Å². The second-order valence-electron chi connectivity index (χ2n) is 2.55. The summed E-state index contributed by atoms with van der Waals surface area (Å²) < 4.78 is 39.4. The van der Waals surface area contributed by atoms with Crippen LogP contribution in [0.4, 0.5) is 13.2 Å². The second-order valence-corrected chi connectivity index (χ2v) is 2.55. The smallest absolute Gasteiger partial charge is 0.383 e. The van der Waals surface area contributed by atoms with Crippen LogP contribution in [0.25, 0.3) is 0 Å². The van der Waals surface area contributed by atoms with Crippen LogP contribution in [0, 0.1) is 0 Å². The summed E-state index contributed by atoms with van der Waals surface area (Å²) in [5.74, 6) is -2.43. The van der Waals surface area contributed by atoms with Gasteiger partial charge in [-0.25, -0.2) is 0 Å². The van der Waals surface area contributed by atoms with Gasteiger partial charge in [0.25, 0.3) is 0 Å². The Morgan fingerprint density at radius 2 is 1.73 bits per heavy atom. The molecule has 5 nitrogen and oxygen atoms in total. The highest BCUT2D eigenvalue weighted by Crippen LogP contribution is 2.11. The number of nitrogens with one attached hydrogen (secondary N) is 2. The van der Waals surface area contributed by atoms with Crippen molar-refractivity contribution in [1.82, 2.24) is 10.6 Å². The van der Waals surface area contributed by atoms with E-state index in [-0.39, 0.29) is 13.2 Å². The van der Waals surface area contributed by atoms with E-state index in [1.54, 1.807) is 0 Å². The molecule has 0 aliphatic carbocycles. The summed E-state index contributed by atoms with van der Waals surface area (Å²) in [6.45, 7) is -1.28. The molecule has 88 valence electrons. The number of methoxy groups -OCH3 is 1. The van der Waals surface area contributed by atoms with Crippen LogP contribution in [0.1, 0.15) is 0 Å². The van der Waals surface area contributed by atoms with E-state index in [0.717, 1.165) is 0 Å². The number of hydrogen-bond donors (Lipinski definition) is 2. The van der Waals surface area contributed by atoms with E-state index < -0.39 is 24.5 Å². The molecule has 0 spiro atoms. The second kappa shape index (κ2) is 6.23. The van der Waals surface area contributed by atoms with E-state index in [1.807, 2.05) is 0 Å². The van der Waals surface area contributed by atoms with Crippen LogP contribution in [0.15, 0.2) is 0 Å². The minimum atomic E-state index is -4.53. The Bertz CT molecular complexity index is 230. The molecule has 0 saturated heterocycles. The fourth-order valence-corrected chi connectivity index (χ4v) is 0.608. The Morgan fingerprint density at radius 1 is 1.20 bits per heavy atom. The lowest BCUT2D eigenvalue weighted by Gasteiger charge is -2.08. The Labute approximate surface area is 84.0 Å². The molecule has 0 atom stereocenters. The van der Waals surface area contributed by atoms with Gasteiger partial charge in [-0.3, -0.25) is 9.59 Å². The molecule has 0 bridgehead atoms. The summed E-state index contributed by atoms with van der Waals surface area (Å²) in [7, 11) is 1.38. The Morgan fingerprint density at radius 3 is 2.20 bits per heavy atom. The van der Waals surface area contributed by atoms with Gasteiger partial charge < -0.3 is 15.4 Å². The fourth-order valence-electron chi connectivity index (χ4n) is 0.608. The molecule has 0 fully saturated rings. The van der Waals surface area contributed by atoms with Gasteiger partial charge in [-0.05, 0) is 0 Å². The van der Waals surface area contributed by atoms with Gasteiger partial charge in [0.2, 0.25) is 0 Å². The fraction of sp³-hybridized carbons (Fsp3) is 0.714. The molecule has 0 rings (SSSR count). The van der Waals surface area contributed by atoms with Crippen molar-refractivity contribution >= 4 is 11.8 Å². The first-order chi connectivity index (χ1) is 6.87. The average molecular weight is 228 g/mol. The van der Waals surface area contributed by atoms with Crippen LogP contribution < -0.4 is 10.6 Å². The van der Waals surface area contributed by atoms with Gasteiger partial charge in [0.15, 0.2) is 0 Å². The van der Waals surface area contributed by atoms with Crippen molar-refractivity contribution in [3.8, 4) is 0 Å². The van der Waals surface area contributed by atoms with Crippen molar-refractivity contribution in [2.45, 2.75) is 6.18 Å². The van der Waals surface area contributed by atoms with Gasteiger partial charge in [-0.1, -0.05) is 0 Å². The van der Waals surface area contributed by atoms with Crippen molar-refractivity contribution in [3.63, 3.8) is 0 Å². The van der Waals surface area contributed by atoms with Crippen LogP contribution in [0.3, 0.4) is 0 Å². The van der Waals surface area contributed by atoms with Gasteiger partial charge >= 0.3 is 18.0 Å². The minimum Gasteiger partial charge on any atom is -0.383 e. The van der Waals surface area contributed by atoms with Crippen molar-refractivity contribution in [3.05, 3.63) is 0 Å². The number of halogens is 3. The van der Waals surface area contributed by atoms with Gasteiger partial charge in [-0.2, -0.15) is 13.2 Å². The summed E-state index contributed by atoms with van der Waals surface area (Å²) >= 11 is 0. The topological polar surface area (TPSA) is 67.4 Å². The molecule has 15 heavy (non-hydrogen) atoms. The normalized spacial score (nSPS) is 10.9. The third-order valence-electron chi connectivity index (χ3n) is 1.25. The predicted molar refractivity (Wildman–Crippen MR) is 44.0 cm³/mol. The number of rotatable bonds is 4. The van der Waals surface area contributed by atoms with Gasteiger partial charge in [0.1, 0.15) is 6.54 Å². The maximum atomic E-state index is 11.6. The summed E-state index contributed by atoms with van der Waals surface area (Å²) in [4.78, 5) is 21.5. The number of carbonyl (C=O) groups is 2. The molecule has 0 aromatic rings. The zero-order chi connectivity index (χ0) is 11.9. The lowest BCUT2D eigenvalue weighted by atomic mass is 10.5. The molecule has 2 amide bonds. The average Bonchev–Trinajstić information content (AvgIpc) is 2.13. The molecular weight excluding hydrogens is 217 g/mol. The van der Waals surface area contributed by atoms with Gasteiger partial charge in [0, 0.05) is 13.7 Å². The van der Waals surface area contributed by atoms with E-state index in [4.69, 9.17) is 0 Å². The SMILES string of the molecule is COCCNC(=O)C(=O)NCC(F)(F)F. The number of amides is 2. The number of hydrogen-bond acceptors (Lipinski definition) is 3. The first-order valence-corrected chi connectivity index (χ1v) is 3.98. The number of carbonyl (C=O) groups excluding carboxylic acids is 2. The minimum absolute atomic E-state index is 0.0643. The monoisotopic (exact) mass is 228 g/mol. The molecule has 0 aliphatic rings. The van der Waals surface area contributed by atoms with Gasteiger partial charge in [-0.15, -0.1) is 0 Å². The molecule has 2 N–H and O–H groups in total. The number of ether oxygens (including phenoxy) is 1. The Hall–Kier alpha value is -1.31. The van der Waals surface area contributed by atoms with E-state index in [9.17, 15) is 22.8 Å². The summed E-state index contributed by atoms with van der Waals surface area (Å²) in [5.41, 5.74) is 0. The summed E-state index contributed by atoms with van der Waals surface area (Å²) in [6.07, 6.45) is -4.53. The molecule has 0 aromatic carbocycles. The first kappa shape index (κ1) is 13.7. The number of alkyl halides is 3. The maximum Gasteiger partial charge on any atom is 0.405 e. The molecule has 8 heteroatoms. The largest absolute Gasteiger partial charge is 0.405 e. The zero-order valence-corrected chi connectivity index (χ0v) is 7.98. The lowest BCUT2D eigenvalue weighted by molar-refractivity contribution is -0.146. The molecule has 0 heterocycles. The Kier molecular flexibility index (Phi) is 5.68. The molecule has 0 aliphatic heterocycles. The molecule has 0 aromatic heterocycles.